The summed E-state index contributed by atoms with van der Waals surface area (Å²) in [4.78, 5) is 35.2. The van der Waals surface area contributed by atoms with Crippen LogP contribution >= 0.6 is 11.3 Å². The average molecular weight is 420 g/mol. The highest BCUT2D eigenvalue weighted by Gasteiger charge is 2.27. The second kappa shape index (κ2) is 8.93. The number of carbonyl (C=O) groups is 2. The van der Waals surface area contributed by atoms with Crippen molar-refractivity contribution in [3.8, 4) is 12.3 Å². The van der Waals surface area contributed by atoms with Gasteiger partial charge in [0.05, 0.1) is 16.2 Å². The molecule has 30 heavy (non-hydrogen) atoms. The molecule has 7 nitrogen and oxygen atoms in total. The minimum absolute atomic E-state index is 0.0179. The number of piperidine rings is 1. The largest absolute Gasteiger partial charge is 0.436 e. The first-order valence-corrected chi connectivity index (χ1v) is 10.5. The normalized spacial score (nSPS) is 14.3. The molecule has 0 unspecified atom stereocenters. The molecular weight excluding hydrogens is 400 g/mol. The first-order chi connectivity index (χ1) is 14.7. The summed E-state index contributed by atoms with van der Waals surface area (Å²) < 4.78 is 4.97. The Labute approximate surface area is 178 Å². The molecule has 1 aromatic carbocycles. The van der Waals surface area contributed by atoms with E-state index in [9.17, 15) is 9.59 Å². The molecule has 1 N–H and O–H groups in total. The van der Waals surface area contributed by atoms with Crippen LogP contribution in [0, 0.1) is 12.3 Å². The van der Waals surface area contributed by atoms with Crippen LogP contribution in [-0.4, -0.2) is 46.6 Å². The highest BCUT2D eigenvalue weighted by molar-refractivity contribution is 7.10. The molecule has 3 aromatic rings. The summed E-state index contributed by atoms with van der Waals surface area (Å²) in [6.07, 6.45) is 7.98. The smallest absolute Gasteiger partial charge is 0.410 e. The fourth-order valence-electron chi connectivity index (χ4n) is 3.47. The number of thiazole rings is 1. The highest BCUT2D eigenvalue weighted by atomic mass is 32.1. The van der Waals surface area contributed by atoms with Crippen LogP contribution in [0.15, 0.2) is 41.9 Å². The van der Waals surface area contributed by atoms with E-state index in [1.165, 1.54) is 11.3 Å². The maximum absolute atomic E-state index is 12.7. The monoisotopic (exact) mass is 420 g/mol. The fourth-order valence-corrected chi connectivity index (χ4v) is 4.45. The summed E-state index contributed by atoms with van der Waals surface area (Å²) >= 11 is 1.47. The summed E-state index contributed by atoms with van der Waals surface area (Å²) in [7, 11) is 0. The number of aromatic nitrogens is 2. The van der Waals surface area contributed by atoms with Crippen LogP contribution in [0.2, 0.25) is 0 Å². The molecule has 152 valence electrons. The van der Waals surface area contributed by atoms with Crippen molar-refractivity contribution >= 4 is 39.9 Å². The van der Waals surface area contributed by atoms with Gasteiger partial charge in [0.25, 0.3) is 5.91 Å². The van der Waals surface area contributed by atoms with Gasteiger partial charge < -0.3 is 15.0 Å². The molecule has 0 radical (unpaired) electrons. The Morgan fingerprint density at radius 3 is 2.87 bits per heavy atom. The van der Waals surface area contributed by atoms with Gasteiger partial charge in [0.1, 0.15) is 5.69 Å². The third-order valence-corrected chi connectivity index (χ3v) is 6.02. The Bertz CT molecular complexity index is 1110. The van der Waals surface area contributed by atoms with Crippen LogP contribution in [0.5, 0.6) is 0 Å². The minimum atomic E-state index is -0.380. The number of nitrogens with zero attached hydrogens (tertiary/aromatic N) is 3. The standard InChI is InChI=1S/C22H20N4O3S/c1-2-13-29-22(28)26-11-8-16(9-12-26)21-25-18(14-30-21)20(27)24-17-7-3-5-15-6-4-10-23-19(15)17/h1,3-7,10,14,16H,8-9,11-13H2,(H,24,27). The molecule has 0 bridgehead atoms. The minimum Gasteiger partial charge on any atom is -0.436 e. The third kappa shape index (κ3) is 4.26. The number of terminal acetylenes is 1. The molecule has 0 aliphatic carbocycles. The Morgan fingerprint density at radius 2 is 2.07 bits per heavy atom. The van der Waals surface area contributed by atoms with Crippen molar-refractivity contribution in [2.75, 3.05) is 25.0 Å². The lowest BCUT2D eigenvalue weighted by molar-refractivity contribution is 0.102. The van der Waals surface area contributed by atoms with Gasteiger partial charge in [0, 0.05) is 36.0 Å². The highest BCUT2D eigenvalue weighted by Crippen LogP contribution is 2.31. The molecule has 4 rings (SSSR count). The molecule has 8 heteroatoms. The summed E-state index contributed by atoms with van der Waals surface area (Å²) in [5, 5.41) is 6.56. The Hall–Kier alpha value is -3.44. The summed E-state index contributed by atoms with van der Waals surface area (Å²) in [6.45, 7) is 1.14. The molecule has 0 saturated carbocycles. The van der Waals surface area contributed by atoms with Crippen LogP contribution in [0.4, 0.5) is 10.5 Å². The number of nitrogens with one attached hydrogen (secondary N) is 1. The molecule has 1 aliphatic rings. The van der Waals surface area contributed by atoms with E-state index in [0.29, 0.717) is 24.5 Å². The predicted molar refractivity (Wildman–Crippen MR) is 116 cm³/mol. The van der Waals surface area contributed by atoms with E-state index in [-0.39, 0.29) is 24.5 Å². The Kier molecular flexibility index (Phi) is 5.91. The zero-order valence-corrected chi connectivity index (χ0v) is 17.0. The molecule has 0 spiro atoms. The molecule has 1 aliphatic heterocycles. The van der Waals surface area contributed by atoms with Crippen molar-refractivity contribution in [1.29, 1.82) is 0 Å². The van der Waals surface area contributed by atoms with Crippen molar-refractivity contribution in [2.24, 2.45) is 0 Å². The molecular formula is C22H20N4O3S. The second-order valence-corrected chi connectivity index (χ2v) is 7.82. The van der Waals surface area contributed by atoms with E-state index in [4.69, 9.17) is 11.2 Å². The van der Waals surface area contributed by atoms with Crippen molar-refractivity contribution in [2.45, 2.75) is 18.8 Å². The summed E-state index contributed by atoms with van der Waals surface area (Å²) in [5.41, 5.74) is 1.79. The van der Waals surface area contributed by atoms with Crippen LogP contribution in [0.25, 0.3) is 10.9 Å². The first-order valence-electron chi connectivity index (χ1n) is 9.61. The van der Waals surface area contributed by atoms with E-state index >= 15 is 0 Å². The fraction of sp³-hybridized carbons (Fsp3) is 0.273. The molecule has 1 fully saturated rings. The topological polar surface area (TPSA) is 84.4 Å². The molecule has 2 amide bonds. The van der Waals surface area contributed by atoms with Gasteiger partial charge in [0.2, 0.25) is 0 Å². The van der Waals surface area contributed by atoms with E-state index in [0.717, 1.165) is 28.8 Å². The lowest BCUT2D eigenvalue weighted by Crippen LogP contribution is -2.38. The Balaban J connectivity index is 1.39. The van der Waals surface area contributed by atoms with Gasteiger partial charge in [-0.3, -0.25) is 9.78 Å². The van der Waals surface area contributed by atoms with Gasteiger partial charge in [-0.1, -0.05) is 24.1 Å². The zero-order chi connectivity index (χ0) is 20.9. The predicted octanol–water partition coefficient (Wildman–Crippen LogP) is 3.89. The van der Waals surface area contributed by atoms with E-state index in [2.05, 4.69) is 21.2 Å². The maximum atomic E-state index is 12.7. The number of para-hydroxylation sites is 1. The molecule has 0 atom stereocenters. The molecule has 2 aromatic heterocycles. The number of amides is 2. The van der Waals surface area contributed by atoms with Crippen LogP contribution < -0.4 is 5.32 Å². The van der Waals surface area contributed by atoms with E-state index < -0.39 is 0 Å². The van der Waals surface area contributed by atoms with Gasteiger partial charge in [-0.15, -0.1) is 17.8 Å². The number of pyridine rings is 1. The van der Waals surface area contributed by atoms with Crippen molar-refractivity contribution in [1.82, 2.24) is 14.9 Å². The number of hydrogen-bond donors (Lipinski definition) is 1. The van der Waals surface area contributed by atoms with E-state index in [1.807, 2.05) is 30.3 Å². The third-order valence-electron chi connectivity index (χ3n) is 5.02. The van der Waals surface area contributed by atoms with Crippen LogP contribution in [0.1, 0.15) is 34.3 Å². The summed E-state index contributed by atoms with van der Waals surface area (Å²) in [6, 6.07) is 9.48. The van der Waals surface area contributed by atoms with Crippen molar-refractivity contribution in [3.63, 3.8) is 0 Å². The quantitative estimate of drug-likeness (QED) is 0.647. The lowest BCUT2D eigenvalue weighted by atomic mass is 9.98. The van der Waals surface area contributed by atoms with Crippen LogP contribution in [-0.2, 0) is 4.74 Å². The van der Waals surface area contributed by atoms with Crippen molar-refractivity contribution < 1.29 is 14.3 Å². The SMILES string of the molecule is C#CCOC(=O)N1CCC(c2nc(C(=O)Nc3cccc4cccnc34)cs2)CC1. The number of hydrogen-bond acceptors (Lipinski definition) is 6. The number of likely N-dealkylation sites (tertiary alicyclic amines) is 1. The first kappa shape index (κ1) is 19.9. The lowest BCUT2D eigenvalue weighted by Gasteiger charge is -2.30. The number of anilines is 1. The summed E-state index contributed by atoms with van der Waals surface area (Å²) in [5.74, 6) is 2.25. The average Bonchev–Trinajstić information content (AvgIpc) is 3.28. The van der Waals surface area contributed by atoms with Gasteiger partial charge in [-0.25, -0.2) is 9.78 Å². The zero-order valence-electron chi connectivity index (χ0n) is 16.2. The number of ether oxygens (including phenoxy) is 1. The van der Waals surface area contributed by atoms with Gasteiger partial charge in [0.15, 0.2) is 6.61 Å². The molecule has 3 heterocycles. The van der Waals surface area contributed by atoms with Crippen LogP contribution in [0.3, 0.4) is 0 Å². The second-order valence-electron chi connectivity index (χ2n) is 6.93. The number of fused-ring (bicyclic) bond motifs is 1. The number of rotatable bonds is 4. The maximum Gasteiger partial charge on any atom is 0.410 e. The van der Waals surface area contributed by atoms with E-state index in [1.54, 1.807) is 16.5 Å². The Morgan fingerprint density at radius 1 is 1.27 bits per heavy atom. The van der Waals surface area contributed by atoms with Gasteiger partial charge >= 0.3 is 6.09 Å². The number of benzene rings is 1. The van der Waals surface area contributed by atoms with Gasteiger partial charge in [-0.05, 0) is 25.0 Å². The van der Waals surface area contributed by atoms with Gasteiger partial charge in [-0.2, -0.15) is 0 Å². The number of carbonyl (C=O) groups excluding carboxylic acids is 2. The molecule has 1 saturated heterocycles. The van der Waals surface area contributed by atoms with Crippen molar-refractivity contribution in [3.05, 3.63) is 52.6 Å².